The number of hydrogen-bond acceptors (Lipinski definition) is 3. The first kappa shape index (κ1) is 23.0. The van der Waals surface area contributed by atoms with E-state index in [2.05, 4.69) is 24.4 Å². The van der Waals surface area contributed by atoms with Gasteiger partial charge in [0.1, 0.15) is 6.04 Å². The molecule has 0 fully saturated rings. The van der Waals surface area contributed by atoms with E-state index in [9.17, 15) is 9.59 Å². The van der Waals surface area contributed by atoms with Crippen molar-refractivity contribution >= 4 is 23.6 Å². The highest BCUT2D eigenvalue weighted by atomic mass is 32.2. The lowest BCUT2D eigenvalue weighted by atomic mass is 10.1. The summed E-state index contributed by atoms with van der Waals surface area (Å²) in [5, 5.41) is 2.93. The van der Waals surface area contributed by atoms with Crippen molar-refractivity contribution in [3.63, 3.8) is 0 Å². The summed E-state index contributed by atoms with van der Waals surface area (Å²) >= 11 is 1.59. The summed E-state index contributed by atoms with van der Waals surface area (Å²) < 4.78 is 0. The van der Waals surface area contributed by atoms with Gasteiger partial charge in [-0.1, -0.05) is 48.5 Å². The Hall–Kier alpha value is -2.27. The monoisotopic (exact) mass is 412 g/mol. The fourth-order valence-corrected chi connectivity index (χ4v) is 4.05. The van der Waals surface area contributed by atoms with E-state index in [0.29, 0.717) is 12.3 Å². The highest BCUT2D eigenvalue weighted by molar-refractivity contribution is 7.99. The molecule has 2 aromatic carbocycles. The van der Waals surface area contributed by atoms with Gasteiger partial charge in [0, 0.05) is 18.3 Å². The van der Waals surface area contributed by atoms with Gasteiger partial charge in [-0.25, -0.2) is 0 Å². The summed E-state index contributed by atoms with van der Waals surface area (Å²) in [5.41, 5.74) is 4.65. The molecule has 0 heterocycles. The summed E-state index contributed by atoms with van der Waals surface area (Å²) in [7, 11) is 0. The molecule has 1 N–H and O–H groups in total. The predicted octanol–water partition coefficient (Wildman–Crippen LogP) is 4.48. The summed E-state index contributed by atoms with van der Waals surface area (Å²) in [6.07, 6.45) is 0. The largest absolute Gasteiger partial charge is 0.352 e. The predicted molar refractivity (Wildman–Crippen MR) is 122 cm³/mol. The lowest BCUT2D eigenvalue weighted by molar-refractivity contribution is -0.138. The first-order valence-corrected chi connectivity index (χ1v) is 11.2. The number of nitrogens with one attached hydrogen (secondary N) is 1. The van der Waals surface area contributed by atoms with Crippen LogP contribution in [0.4, 0.5) is 0 Å². The van der Waals surface area contributed by atoms with Crippen LogP contribution in [0.15, 0.2) is 48.5 Å². The number of aryl methyl sites for hydroxylation is 2. The van der Waals surface area contributed by atoms with Crippen LogP contribution in [0.25, 0.3) is 0 Å². The van der Waals surface area contributed by atoms with E-state index >= 15 is 0 Å². The molecule has 1 unspecified atom stereocenters. The molecule has 2 rings (SSSR count). The molecule has 0 aromatic heterocycles. The Morgan fingerprint density at radius 3 is 2.03 bits per heavy atom. The first-order chi connectivity index (χ1) is 13.8. The average molecular weight is 413 g/mol. The number of rotatable bonds is 9. The minimum absolute atomic E-state index is 0.0155. The molecular formula is C24H32N2O2S. The zero-order valence-electron chi connectivity index (χ0n) is 18.1. The number of amides is 2. The van der Waals surface area contributed by atoms with Crippen LogP contribution in [0.2, 0.25) is 0 Å². The third kappa shape index (κ3) is 6.93. The Bertz CT molecular complexity index is 835. The molecule has 0 spiro atoms. The maximum atomic E-state index is 13.1. The Morgan fingerprint density at radius 2 is 1.48 bits per heavy atom. The van der Waals surface area contributed by atoms with Crippen molar-refractivity contribution in [2.45, 2.75) is 59.0 Å². The van der Waals surface area contributed by atoms with E-state index in [4.69, 9.17) is 0 Å². The SMILES string of the molecule is Cc1ccccc1CSCC(=O)N(Cc1ccccc1C)C(C)C(=O)NC(C)C. The lowest BCUT2D eigenvalue weighted by Crippen LogP contribution is -2.49. The van der Waals surface area contributed by atoms with Crippen molar-refractivity contribution < 1.29 is 9.59 Å². The molecule has 0 aliphatic carbocycles. The Kier molecular flexibility index (Phi) is 8.77. The number of thioether (sulfide) groups is 1. The van der Waals surface area contributed by atoms with Gasteiger partial charge in [0.2, 0.25) is 11.8 Å². The molecule has 0 saturated carbocycles. The maximum absolute atomic E-state index is 13.1. The highest BCUT2D eigenvalue weighted by Crippen LogP contribution is 2.19. The van der Waals surface area contributed by atoms with Crippen LogP contribution >= 0.6 is 11.8 Å². The standard InChI is InChI=1S/C24H32N2O2S/c1-17(2)25-24(28)20(5)26(14-21-12-8-6-10-18(21)3)23(27)16-29-15-22-13-9-7-11-19(22)4/h6-13,17,20H,14-16H2,1-5H3,(H,25,28). The number of carbonyl (C=O) groups excluding carboxylic acids is 2. The number of nitrogens with zero attached hydrogens (tertiary/aromatic N) is 1. The lowest BCUT2D eigenvalue weighted by Gasteiger charge is -2.30. The topological polar surface area (TPSA) is 49.4 Å². The van der Waals surface area contributed by atoms with Crippen molar-refractivity contribution in [3.05, 3.63) is 70.8 Å². The minimum atomic E-state index is -0.524. The molecule has 0 bridgehead atoms. The van der Waals surface area contributed by atoms with E-state index in [1.54, 1.807) is 23.6 Å². The van der Waals surface area contributed by atoms with E-state index < -0.39 is 6.04 Å². The van der Waals surface area contributed by atoms with Crippen LogP contribution in [-0.4, -0.2) is 34.6 Å². The van der Waals surface area contributed by atoms with Crippen molar-refractivity contribution in [3.8, 4) is 0 Å². The van der Waals surface area contributed by atoms with Gasteiger partial charge < -0.3 is 10.2 Å². The molecule has 29 heavy (non-hydrogen) atoms. The number of carbonyl (C=O) groups is 2. The van der Waals surface area contributed by atoms with Crippen molar-refractivity contribution in [1.29, 1.82) is 0 Å². The maximum Gasteiger partial charge on any atom is 0.242 e. The minimum Gasteiger partial charge on any atom is -0.352 e. The van der Waals surface area contributed by atoms with Gasteiger partial charge in [0.25, 0.3) is 0 Å². The van der Waals surface area contributed by atoms with Crippen LogP contribution < -0.4 is 5.32 Å². The van der Waals surface area contributed by atoms with Crippen molar-refractivity contribution in [2.75, 3.05) is 5.75 Å². The summed E-state index contributed by atoms with van der Waals surface area (Å²) in [6.45, 7) is 10.2. The van der Waals surface area contributed by atoms with Crippen LogP contribution in [0.3, 0.4) is 0 Å². The van der Waals surface area contributed by atoms with Gasteiger partial charge in [0.05, 0.1) is 5.75 Å². The van der Waals surface area contributed by atoms with Crippen molar-refractivity contribution in [1.82, 2.24) is 10.2 Å². The molecule has 1 atom stereocenters. The van der Waals surface area contributed by atoms with Crippen LogP contribution in [0.5, 0.6) is 0 Å². The molecule has 0 aliphatic rings. The zero-order chi connectivity index (χ0) is 21.4. The van der Waals surface area contributed by atoms with Gasteiger partial charge in [0.15, 0.2) is 0 Å². The third-order valence-corrected chi connectivity index (χ3v) is 5.91. The first-order valence-electron chi connectivity index (χ1n) is 10.1. The van der Waals surface area contributed by atoms with E-state index in [1.807, 2.05) is 57.2 Å². The molecular weight excluding hydrogens is 380 g/mol. The molecule has 5 heteroatoms. The fourth-order valence-electron chi connectivity index (χ4n) is 3.06. The van der Waals surface area contributed by atoms with Crippen LogP contribution in [0.1, 0.15) is 43.0 Å². The summed E-state index contributed by atoms with van der Waals surface area (Å²) in [5.74, 6) is 0.993. The van der Waals surface area contributed by atoms with E-state index in [-0.39, 0.29) is 17.9 Å². The normalized spacial score (nSPS) is 11.9. The zero-order valence-corrected chi connectivity index (χ0v) is 18.9. The third-order valence-electron chi connectivity index (χ3n) is 4.94. The highest BCUT2D eigenvalue weighted by Gasteiger charge is 2.26. The molecule has 4 nitrogen and oxygen atoms in total. The number of hydrogen-bond donors (Lipinski definition) is 1. The second kappa shape index (κ2) is 11.1. The second-order valence-corrected chi connectivity index (χ2v) is 8.69. The molecule has 0 saturated heterocycles. The van der Waals surface area contributed by atoms with Gasteiger partial charge >= 0.3 is 0 Å². The smallest absolute Gasteiger partial charge is 0.242 e. The van der Waals surface area contributed by atoms with Crippen molar-refractivity contribution in [2.24, 2.45) is 0 Å². The molecule has 2 amide bonds. The second-order valence-electron chi connectivity index (χ2n) is 7.71. The van der Waals surface area contributed by atoms with Crippen LogP contribution in [-0.2, 0) is 21.9 Å². The molecule has 0 aliphatic heterocycles. The summed E-state index contributed by atoms with van der Waals surface area (Å²) in [6, 6.07) is 15.7. The summed E-state index contributed by atoms with van der Waals surface area (Å²) in [4.78, 5) is 27.4. The Balaban J connectivity index is 2.10. The quantitative estimate of drug-likeness (QED) is 0.661. The average Bonchev–Trinajstić information content (AvgIpc) is 2.67. The Morgan fingerprint density at radius 1 is 0.931 bits per heavy atom. The van der Waals surface area contributed by atoms with Gasteiger partial charge in [-0.05, 0) is 56.9 Å². The fraction of sp³-hybridized carbons (Fsp3) is 0.417. The van der Waals surface area contributed by atoms with E-state index in [1.165, 1.54) is 11.1 Å². The molecule has 156 valence electrons. The van der Waals surface area contributed by atoms with Crippen LogP contribution in [0, 0.1) is 13.8 Å². The van der Waals surface area contributed by atoms with E-state index in [0.717, 1.165) is 16.9 Å². The number of benzene rings is 2. The molecule has 0 radical (unpaired) electrons. The molecule has 2 aromatic rings. The van der Waals surface area contributed by atoms with Gasteiger partial charge in [-0.3, -0.25) is 9.59 Å². The van der Waals surface area contributed by atoms with Gasteiger partial charge in [-0.15, -0.1) is 11.8 Å². The Labute approximate surface area is 179 Å². The van der Waals surface area contributed by atoms with Gasteiger partial charge in [-0.2, -0.15) is 0 Å².